The Morgan fingerprint density at radius 2 is 1.98 bits per heavy atom. The average molecular weight is 584 g/mol. The van der Waals surface area contributed by atoms with Gasteiger partial charge in [0.2, 0.25) is 5.91 Å². The zero-order chi connectivity index (χ0) is 29.5. The number of hydrogen-bond acceptors (Lipinski definition) is 7. The molecule has 0 spiro atoms. The number of fused-ring (bicyclic) bond motifs is 3. The second-order valence-electron chi connectivity index (χ2n) is 9.63. The summed E-state index contributed by atoms with van der Waals surface area (Å²) in [5.41, 5.74) is -0.900. The van der Waals surface area contributed by atoms with E-state index in [1.807, 2.05) is 0 Å². The Labute approximate surface area is 222 Å². The van der Waals surface area contributed by atoms with Crippen LogP contribution in [0, 0.1) is 5.92 Å². The van der Waals surface area contributed by atoms with Gasteiger partial charge < -0.3 is 14.5 Å². The minimum atomic E-state index is -4.86. The summed E-state index contributed by atoms with van der Waals surface area (Å²) >= 11 is 0. The number of carbonyl (C=O) groups excluding carboxylic acids is 2. The number of aromatic nitrogens is 1. The van der Waals surface area contributed by atoms with E-state index in [1.165, 1.54) is 16.7 Å². The third kappa shape index (κ3) is 6.33. The molecule has 4 rings (SSSR count). The summed E-state index contributed by atoms with van der Waals surface area (Å²) < 4.78 is 114. The molecule has 1 fully saturated rings. The maximum absolute atomic E-state index is 14.8. The first-order valence-electron chi connectivity index (χ1n) is 12.1. The number of ether oxygens (including phenoxy) is 1. The SMILES string of the molecule is C[C@@H](COCCC(=O)N1CCN2c3ncc(C(F)(F)F)cc3C(F)(F)C[C@@H]2C1)N=C1C=NNC(=O)C1C(F)(F)F. The average Bonchev–Trinajstić information content (AvgIpc) is 2.84. The number of aliphatic imine (C=N–C) groups is 1. The van der Waals surface area contributed by atoms with Crippen LogP contribution in [0.2, 0.25) is 0 Å². The summed E-state index contributed by atoms with van der Waals surface area (Å²) in [5.74, 6) is -8.05. The lowest BCUT2D eigenvalue weighted by molar-refractivity contribution is -0.168. The maximum atomic E-state index is 14.8. The van der Waals surface area contributed by atoms with Crippen molar-refractivity contribution in [2.75, 3.05) is 37.7 Å². The summed E-state index contributed by atoms with van der Waals surface area (Å²) in [5, 5.41) is 3.35. The standard InChI is InChI=1S/C23H24F8N6O3/c1-12(34-16-9-33-35-20(39)18(16)23(29,30)31)11-40-5-2-17(38)36-3-4-37-14(10-36)7-21(24,25)15-6-13(22(26,27)28)8-32-19(15)37/h6,8-9,12,14,18H,2-5,7,10-11H2,1H3,(H,35,39)/t12-,14+,18?/m0/s1. The number of hydrazone groups is 1. The van der Waals surface area contributed by atoms with E-state index >= 15 is 0 Å². The molecule has 0 bridgehead atoms. The van der Waals surface area contributed by atoms with E-state index < -0.39 is 71.4 Å². The number of carbonyl (C=O) groups is 2. The van der Waals surface area contributed by atoms with Gasteiger partial charge in [-0.3, -0.25) is 14.6 Å². The molecule has 3 atom stereocenters. The first kappa shape index (κ1) is 29.6. The van der Waals surface area contributed by atoms with Gasteiger partial charge in [0.15, 0.2) is 5.92 Å². The Bertz CT molecular complexity index is 1200. The molecule has 3 aliphatic rings. The lowest BCUT2D eigenvalue weighted by Crippen LogP contribution is -2.58. The molecule has 1 aromatic rings. The number of rotatable bonds is 6. The molecule has 4 heterocycles. The number of anilines is 1. The topological polar surface area (TPSA) is 99.5 Å². The second kappa shape index (κ2) is 10.9. The number of hydrogen-bond donors (Lipinski definition) is 1. The molecule has 1 saturated heterocycles. The van der Waals surface area contributed by atoms with E-state index in [4.69, 9.17) is 4.74 Å². The third-order valence-corrected chi connectivity index (χ3v) is 6.63. The van der Waals surface area contributed by atoms with E-state index in [1.54, 1.807) is 5.43 Å². The molecular formula is C23H24F8N6O3. The number of nitrogens with one attached hydrogen (secondary N) is 1. The molecule has 0 aliphatic carbocycles. The monoisotopic (exact) mass is 584 g/mol. The van der Waals surface area contributed by atoms with Gasteiger partial charge in [0, 0.05) is 32.3 Å². The smallest absolute Gasteiger partial charge is 0.379 e. The van der Waals surface area contributed by atoms with Crippen molar-refractivity contribution in [2.24, 2.45) is 16.0 Å². The number of piperazine rings is 1. The van der Waals surface area contributed by atoms with E-state index in [0.29, 0.717) is 12.3 Å². The Balaban J connectivity index is 1.30. The first-order chi connectivity index (χ1) is 18.6. The molecule has 17 heteroatoms. The van der Waals surface area contributed by atoms with Crippen LogP contribution in [0.1, 0.15) is 30.9 Å². The van der Waals surface area contributed by atoms with Crippen molar-refractivity contribution >= 4 is 29.6 Å². The van der Waals surface area contributed by atoms with Crippen LogP contribution in [0.4, 0.5) is 40.9 Å². The van der Waals surface area contributed by atoms with Crippen LogP contribution in [-0.4, -0.2) is 84.7 Å². The molecule has 0 aromatic carbocycles. The summed E-state index contributed by atoms with van der Waals surface area (Å²) in [6, 6.07) is -1.25. The molecule has 1 N–H and O–H groups in total. The molecular weight excluding hydrogens is 560 g/mol. The highest BCUT2D eigenvalue weighted by Crippen LogP contribution is 2.46. The Morgan fingerprint density at radius 3 is 2.65 bits per heavy atom. The van der Waals surface area contributed by atoms with Gasteiger partial charge in [0.25, 0.3) is 11.8 Å². The van der Waals surface area contributed by atoms with Gasteiger partial charge in [0.05, 0.1) is 54.8 Å². The minimum absolute atomic E-state index is 0.0860. The van der Waals surface area contributed by atoms with Crippen LogP contribution >= 0.6 is 0 Å². The van der Waals surface area contributed by atoms with Gasteiger partial charge >= 0.3 is 12.4 Å². The Hall–Kier alpha value is -3.37. The Kier molecular flexibility index (Phi) is 8.06. The van der Waals surface area contributed by atoms with E-state index in [9.17, 15) is 44.7 Å². The van der Waals surface area contributed by atoms with Gasteiger partial charge in [-0.1, -0.05) is 0 Å². The predicted molar refractivity (Wildman–Crippen MR) is 124 cm³/mol. The van der Waals surface area contributed by atoms with Crippen LogP contribution in [0.3, 0.4) is 0 Å². The van der Waals surface area contributed by atoms with E-state index in [2.05, 4.69) is 15.1 Å². The molecule has 1 unspecified atom stereocenters. The molecule has 40 heavy (non-hydrogen) atoms. The summed E-state index contributed by atoms with van der Waals surface area (Å²) in [6.07, 6.45) is -9.31. The molecule has 2 amide bonds. The zero-order valence-corrected chi connectivity index (χ0v) is 20.9. The largest absolute Gasteiger partial charge is 0.417 e. The number of amides is 2. The van der Waals surface area contributed by atoms with Gasteiger partial charge in [-0.05, 0) is 13.0 Å². The summed E-state index contributed by atoms with van der Waals surface area (Å²) in [6.45, 7) is 1.27. The van der Waals surface area contributed by atoms with Gasteiger partial charge in [0.1, 0.15) is 5.82 Å². The lowest BCUT2D eigenvalue weighted by Gasteiger charge is -2.47. The fourth-order valence-electron chi connectivity index (χ4n) is 4.77. The van der Waals surface area contributed by atoms with Gasteiger partial charge in [-0.25, -0.2) is 19.2 Å². The van der Waals surface area contributed by atoms with Crippen molar-refractivity contribution in [3.05, 3.63) is 23.4 Å². The fourth-order valence-corrected chi connectivity index (χ4v) is 4.77. The first-order valence-corrected chi connectivity index (χ1v) is 12.1. The number of pyridine rings is 1. The predicted octanol–water partition coefficient (Wildman–Crippen LogP) is 3.14. The summed E-state index contributed by atoms with van der Waals surface area (Å²) in [7, 11) is 0. The minimum Gasteiger partial charge on any atom is -0.379 e. The van der Waals surface area contributed by atoms with Crippen LogP contribution in [0.15, 0.2) is 22.4 Å². The molecule has 3 aliphatic heterocycles. The van der Waals surface area contributed by atoms with E-state index in [0.717, 1.165) is 6.21 Å². The van der Waals surface area contributed by atoms with Crippen LogP contribution in [0.25, 0.3) is 0 Å². The van der Waals surface area contributed by atoms with Crippen molar-refractivity contribution < 1.29 is 49.4 Å². The van der Waals surface area contributed by atoms with Gasteiger partial charge in [-0.2, -0.15) is 31.4 Å². The van der Waals surface area contributed by atoms with Crippen molar-refractivity contribution in [3.8, 4) is 0 Å². The fraction of sp³-hybridized carbons (Fsp3) is 0.609. The maximum Gasteiger partial charge on any atom is 0.417 e. The highest BCUT2D eigenvalue weighted by atomic mass is 19.4. The quantitative estimate of drug-likeness (QED) is 0.409. The molecule has 1 aromatic heterocycles. The lowest BCUT2D eigenvalue weighted by atomic mass is 9.92. The molecule has 0 saturated carbocycles. The molecule has 9 nitrogen and oxygen atoms in total. The molecule has 0 radical (unpaired) electrons. The zero-order valence-electron chi connectivity index (χ0n) is 20.9. The normalized spacial score (nSPS) is 24.4. The highest BCUT2D eigenvalue weighted by molar-refractivity contribution is 6.37. The number of nitrogens with zero attached hydrogens (tertiary/aromatic N) is 5. The highest BCUT2D eigenvalue weighted by Gasteiger charge is 2.50. The van der Waals surface area contributed by atoms with Crippen molar-refractivity contribution in [2.45, 2.75) is 50.1 Å². The van der Waals surface area contributed by atoms with Crippen molar-refractivity contribution in [1.29, 1.82) is 0 Å². The number of halogens is 8. The number of alkyl halides is 8. The third-order valence-electron chi connectivity index (χ3n) is 6.63. The second-order valence-corrected chi connectivity index (χ2v) is 9.63. The van der Waals surface area contributed by atoms with Crippen molar-refractivity contribution in [3.63, 3.8) is 0 Å². The summed E-state index contributed by atoms with van der Waals surface area (Å²) in [4.78, 5) is 34.6. The van der Waals surface area contributed by atoms with Crippen LogP contribution in [-0.2, 0) is 26.4 Å². The van der Waals surface area contributed by atoms with E-state index in [-0.39, 0.29) is 45.1 Å². The van der Waals surface area contributed by atoms with Crippen LogP contribution in [0.5, 0.6) is 0 Å². The van der Waals surface area contributed by atoms with Crippen LogP contribution < -0.4 is 10.3 Å². The molecule has 220 valence electrons. The Morgan fingerprint density at radius 1 is 1.25 bits per heavy atom. The van der Waals surface area contributed by atoms with Gasteiger partial charge in [-0.15, -0.1) is 0 Å². The van der Waals surface area contributed by atoms with Crippen molar-refractivity contribution in [1.82, 2.24) is 15.3 Å².